The third-order valence-corrected chi connectivity index (χ3v) is 4.62. The van der Waals surface area contributed by atoms with Crippen LogP contribution in [-0.2, 0) is 11.3 Å². The standard InChI is InChI=1S/C18H20N8O2/c1-14-4-6-25(22-14)16-11-15(19-13-20-16)23-7-9-24(10-8-23)18(28)12-26-17(27)3-2-5-21-26/h2-6,11,13H,7-10,12H2,1H3. The first-order valence-electron chi connectivity index (χ1n) is 9.00. The van der Waals surface area contributed by atoms with Crippen LogP contribution in [0.15, 0.2) is 47.8 Å². The lowest BCUT2D eigenvalue weighted by atomic mass is 10.3. The SMILES string of the molecule is Cc1ccn(-c2cc(N3CCN(C(=O)Cn4ncccc4=O)CC3)ncn2)n1. The highest BCUT2D eigenvalue weighted by Gasteiger charge is 2.23. The summed E-state index contributed by atoms with van der Waals surface area (Å²) in [6, 6.07) is 6.76. The van der Waals surface area contributed by atoms with Crippen molar-refractivity contribution in [3.8, 4) is 5.82 Å². The molecule has 3 aromatic rings. The number of piperazine rings is 1. The topological polar surface area (TPSA) is 102 Å². The van der Waals surface area contributed by atoms with Gasteiger partial charge >= 0.3 is 0 Å². The van der Waals surface area contributed by atoms with Crippen LogP contribution in [0.4, 0.5) is 5.82 Å². The Morgan fingerprint density at radius 1 is 1.11 bits per heavy atom. The predicted molar refractivity (Wildman–Crippen MR) is 101 cm³/mol. The lowest BCUT2D eigenvalue weighted by Crippen LogP contribution is -2.50. The number of nitrogens with zero attached hydrogens (tertiary/aromatic N) is 8. The second-order valence-electron chi connectivity index (χ2n) is 6.52. The van der Waals surface area contributed by atoms with Crippen molar-refractivity contribution in [2.24, 2.45) is 0 Å². The van der Waals surface area contributed by atoms with Crippen LogP contribution in [0.5, 0.6) is 0 Å². The van der Waals surface area contributed by atoms with E-state index in [0.717, 1.165) is 11.5 Å². The van der Waals surface area contributed by atoms with Gasteiger partial charge < -0.3 is 9.80 Å². The Labute approximate surface area is 161 Å². The van der Waals surface area contributed by atoms with Crippen molar-refractivity contribution in [2.75, 3.05) is 31.1 Å². The van der Waals surface area contributed by atoms with Gasteiger partial charge in [0, 0.05) is 50.7 Å². The molecule has 1 fully saturated rings. The maximum absolute atomic E-state index is 12.5. The number of carbonyl (C=O) groups is 1. The van der Waals surface area contributed by atoms with Crippen molar-refractivity contribution in [1.82, 2.24) is 34.4 Å². The van der Waals surface area contributed by atoms with Gasteiger partial charge in [0.15, 0.2) is 5.82 Å². The smallest absolute Gasteiger partial charge is 0.267 e. The van der Waals surface area contributed by atoms with Crippen LogP contribution in [-0.4, -0.2) is 66.5 Å². The number of amides is 1. The molecule has 0 saturated carbocycles. The van der Waals surface area contributed by atoms with Gasteiger partial charge in [-0.1, -0.05) is 0 Å². The van der Waals surface area contributed by atoms with E-state index in [-0.39, 0.29) is 18.0 Å². The first-order valence-corrected chi connectivity index (χ1v) is 9.00. The summed E-state index contributed by atoms with van der Waals surface area (Å²) in [6.07, 6.45) is 4.88. The van der Waals surface area contributed by atoms with E-state index in [0.29, 0.717) is 32.0 Å². The Morgan fingerprint density at radius 3 is 2.61 bits per heavy atom. The van der Waals surface area contributed by atoms with Gasteiger partial charge in [-0.2, -0.15) is 10.2 Å². The molecule has 1 amide bonds. The summed E-state index contributed by atoms with van der Waals surface area (Å²) in [4.78, 5) is 36.7. The predicted octanol–water partition coefficient (Wildman–Crippen LogP) is -0.124. The molecule has 28 heavy (non-hydrogen) atoms. The highest BCUT2D eigenvalue weighted by molar-refractivity contribution is 5.76. The Balaban J connectivity index is 1.40. The summed E-state index contributed by atoms with van der Waals surface area (Å²) < 4.78 is 2.89. The molecule has 0 radical (unpaired) electrons. The summed E-state index contributed by atoms with van der Waals surface area (Å²) in [6.45, 7) is 4.29. The van der Waals surface area contributed by atoms with Crippen LogP contribution in [0.1, 0.15) is 5.69 Å². The summed E-state index contributed by atoms with van der Waals surface area (Å²) in [7, 11) is 0. The van der Waals surface area contributed by atoms with Gasteiger partial charge in [0.1, 0.15) is 18.7 Å². The summed E-state index contributed by atoms with van der Waals surface area (Å²) in [5, 5.41) is 8.31. The molecule has 10 nitrogen and oxygen atoms in total. The van der Waals surface area contributed by atoms with E-state index in [4.69, 9.17) is 0 Å². The lowest BCUT2D eigenvalue weighted by molar-refractivity contribution is -0.132. The summed E-state index contributed by atoms with van der Waals surface area (Å²) in [5.41, 5.74) is 0.635. The van der Waals surface area contributed by atoms with Crippen molar-refractivity contribution in [3.05, 3.63) is 59.0 Å². The first kappa shape index (κ1) is 17.8. The monoisotopic (exact) mass is 380 g/mol. The molecule has 0 aliphatic carbocycles. The van der Waals surface area contributed by atoms with Gasteiger partial charge in [0.25, 0.3) is 5.56 Å². The van der Waals surface area contributed by atoms with E-state index < -0.39 is 0 Å². The molecule has 1 saturated heterocycles. The fourth-order valence-electron chi connectivity index (χ4n) is 3.10. The van der Waals surface area contributed by atoms with Crippen molar-refractivity contribution in [2.45, 2.75) is 13.5 Å². The van der Waals surface area contributed by atoms with Crippen LogP contribution in [0, 0.1) is 6.92 Å². The van der Waals surface area contributed by atoms with Crippen LogP contribution < -0.4 is 10.5 Å². The molecule has 0 unspecified atom stereocenters. The van der Waals surface area contributed by atoms with Crippen LogP contribution >= 0.6 is 0 Å². The molecular weight excluding hydrogens is 360 g/mol. The molecule has 0 atom stereocenters. The number of rotatable bonds is 4. The molecule has 3 aromatic heterocycles. The van der Waals surface area contributed by atoms with Gasteiger partial charge in [-0.25, -0.2) is 19.3 Å². The van der Waals surface area contributed by atoms with E-state index in [1.807, 2.05) is 25.3 Å². The highest BCUT2D eigenvalue weighted by atomic mass is 16.2. The highest BCUT2D eigenvalue weighted by Crippen LogP contribution is 2.16. The van der Waals surface area contributed by atoms with Gasteiger partial charge in [0.05, 0.1) is 5.69 Å². The molecule has 0 bridgehead atoms. The van der Waals surface area contributed by atoms with Gasteiger partial charge in [0.2, 0.25) is 5.91 Å². The Morgan fingerprint density at radius 2 is 1.89 bits per heavy atom. The maximum Gasteiger partial charge on any atom is 0.267 e. The number of carbonyl (C=O) groups excluding carboxylic acids is 1. The molecule has 1 aliphatic rings. The van der Waals surface area contributed by atoms with Gasteiger partial charge in [-0.15, -0.1) is 0 Å². The third-order valence-electron chi connectivity index (χ3n) is 4.62. The Kier molecular flexibility index (Phi) is 4.83. The quantitative estimate of drug-likeness (QED) is 0.622. The molecule has 4 heterocycles. The number of aromatic nitrogens is 6. The average Bonchev–Trinajstić information content (AvgIpc) is 3.16. The summed E-state index contributed by atoms with van der Waals surface area (Å²) in [5.74, 6) is 1.38. The molecular formula is C18H20N8O2. The van der Waals surface area contributed by atoms with E-state index in [1.165, 1.54) is 23.3 Å². The molecule has 4 rings (SSSR count). The number of hydrogen-bond donors (Lipinski definition) is 0. The second-order valence-corrected chi connectivity index (χ2v) is 6.52. The minimum atomic E-state index is -0.281. The van der Waals surface area contributed by atoms with Crippen LogP contribution in [0.2, 0.25) is 0 Å². The average molecular weight is 380 g/mol. The van der Waals surface area contributed by atoms with Crippen LogP contribution in [0.25, 0.3) is 5.82 Å². The fraction of sp³-hybridized carbons (Fsp3) is 0.333. The number of hydrogen-bond acceptors (Lipinski definition) is 7. The summed E-state index contributed by atoms with van der Waals surface area (Å²) >= 11 is 0. The van der Waals surface area contributed by atoms with Gasteiger partial charge in [-0.3, -0.25) is 9.59 Å². The minimum absolute atomic E-state index is 0.0457. The molecule has 0 N–H and O–H groups in total. The first-order chi connectivity index (χ1) is 13.6. The molecule has 1 aliphatic heterocycles. The van der Waals surface area contributed by atoms with Crippen LogP contribution in [0.3, 0.4) is 0 Å². The second kappa shape index (κ2) is 7.59. The van der Waals surface area contributed by atoms with Crippen molar-refractivity contribution < 1.29 is 4.79 Å². The third kappa shape index (κ3) is 3.75. The van der Waals surface area contributed by atoms with E-state index in [9.17, 15) is 9.59 Å². The largest absolute Gasteiger partial charge is 0.353 e. The Hall–Kier alpha value is -3.56. The van der Waals surface area contributed by atoms with Crippen molar-refractivity contribution >= 4 is 11.7 Å². The lowest BCUT2D eigenvalue weighted by Gasteiger charge is -2.35. The molecule has 144 valence electrons. The molecule has 0 spiro atoms. The maximum atomic E-state index is 12.5. The molecule has 10 heteroatoms. The zero-order valence-corrected chi connectivity index (χ0v) is 15.5. The van der Waals surface area contributed by atoms with Gasteiger partial charge in [-0.05, 0) is 19.1 Å². The fourth-order valence-corrected chi connectivity index (χ4v) is 3.10. The van der Waals surface area contributed by atoms with E-state index in [1.54, 1.807) is 15.6 Å². The zero-order chi connectivity index (χ0) is 19.5. The van der Waals surface area contributed by atoms with Crippen molar-refractivity contribution in [1.29, 1.82) is 0 Å². The Bertz CT molecular complexity index is 1040. The zero-order valence-electron chi connectivity index (χ0n) is 15.5. The number of aryl methyl sites for hydroxylation is 1. The normalized spacial score (nSPS) is 14.3. The van der Waals surface area contributed by atoms with E-state index >= 15 is 0 Å². The molecule has 0 aromatic carbocycles. The number of anilines is 1. The minimum Gasteiger partial charge on any atom is -0.353 e. The van der Waals surface area contributed by atoms with Crippen molar-refractivity contribution in [3.63, 3.8) is 0 Å². The van der Waals surface area contributed by atoms with E-state index in [2.05, 4.69) is 25.1 Å².